The molecule has 0 amide bonds. The van der Waals surface area contributed by atoms with Crippen molar-refractivity contribution in [2.75, 3.05) is 5.32 Å². The van der Waals surface area contributed by atoms with E-state index in [9.17, 15) is 0 Å². The van der Waals surface area contributed by atoms with Crippen LogP contribution in [0.15, 0.2) is 35.3 Å². The van der Waals surface area contributed by atoms with Crippen molar-refractivity contribution in [1.29, 1.82) is 0 Å². The summed E-state index contributed by atoms with van der Waals surface area (Å²) in [5.74, 6) is 0.407. The monoisotopic (exact) mass is 257 g/mol. The maximum absolute atomic E-state index is 5.87. The Labute approximate surface area is 113 Å². The molecule has 0 fully saturated rings. The molecule has 3 N–H and O–H groups in total. The van der Waals surface area contributed by atoms with E-state index in [2.05, 4.69) is 15.4 Å². The van der Waals surface area contributed by atoms with Crippen LogP contribution in [0.25, 0.3) is 0 Å². The Bertz CT molecular complexity index is 598. The molecule has 2 rings (SSSR count). The summed E-state index contributed by atoms with van der Waals surface area (Å²) >= 11 is 0. The predicted molar refractivity (Wildman–Crippen MR) is 78.1 cm³/mol. The molecule has 0 saturated heterocycles. The van der Waals surface area contributed by atoms with Gasteiger partial charge in [0.2, 0.25) is 0 Å². The lowest BCUT2D eigenvalue weighted by Gasteiger charge is -2.06. The van der Waals surface area contributed by atoms with Crippen LogP contribution in [-0.4, -0.2) is 15.7 Å². The number of aromatic nitrogens is 2. The highest BCUT2D eigenvalue weighted by Gasteiger charge is 2.01. The van der Waals surface area contributed by atoms with Crippen molar-refractivity contribution in [3.63, 3.8) is 0 Å². The van der Waals surface area contributed by atoms with E-state index in [1.165, 1.54) is 5.56 Å². The van der Waals surface area contributed by atoms with Gasteiger partial charge in [-0.1, -0.05) is 12.1 Å². The SMILES string of the molecule is Cc1cccc(NC(N)=NCc2cc(C)nn2C)c1. The van der Waals surface area contributed by atoms with Gasteiger partial charge in [-0.25, -0.2) is 4.99 Å². The summed E-state index contributed by atoms with van der Waals surface area (Å²) in [6.07, 6.45) is 0. The third-order valence-corrected chi connectivity index (χ3v) is 2.80. The van der Waals surface area contributed by atoms with Crippen molar-refractivity contribution in [1.82, 2.24) is 9.78 Å². The van der Waals surface area contributed by atoms with Crippen molar-refractivity contribution in [3.05, 3.63) is 47.3 Å². The summed E-state index contributed by atoms with van der Waals surface area (Å²) in [6.45, 7) is 4.51. The molecule has 0 aliphatic heterocycles. The van der Waals surface area contributed by atoms with Gasteiger partial charge < -0.3 is 11.1 Å². The third-order valence-electron chi connectivity index (χ3n) is 2.80. The van der Waals surface area contributed by atoms with Gasteiger partial charge in [0.15, 0.2) is 5.96 Å². The number of hydrogen-bond acceptors (Lipinski definition) is 2. The Morgan fingerprint density at radius 2 is 2.16 bits per heavy atom. The molecule has 5 heteroatoms. The van der Waals surface area contributed by atoms with Gasteiger partial charge in [-0.15, -0.1) is 0 Å². The molecular weight excluding hydrogens is 238 g/mol. The number of rotatable bonds is 3. The van der Waals surface area contributed by atoms with E-state index in [4.69, 9.17) is 5.73 Å². The van der Waals surface area contributed by atoms with E-state index in [-0.39, 0.29) is 0 Å². The molecule has 0 aliphatic carbocycles. The highest BCUT2D eigenvalue weighted by Crippen LogP contribution is 2.09. The fourth-order valence-electron chi connectivity index (χ4n) is 1.89. The number of nitrogens with one attached hydrogen (secondary N) is 1. The maximum Gasteiger partial charge on any atom is 0.193 e. The molecule has 0 radical (unpaired) electrons. The Morgan fingerprint density at radius 3 is 2.79 bits per heavy atom. The van der Waals surface area contributed by atoms with E-state index in [0.717, 1.165) is 17.1 Å². The third kappa shape index (κ3) is 3.58. The molecule has 1 aromatic carbocycles. The van der Waals surface area contributed by atoms with Gasteiger partial charge in [-0.05, 0) is 37.6 Å². The zero-order valence-corrected chi connectivity index (χ0v) is 11.5. The van der Waals surface area contributed by atoms with Gasteiger partial charge in [-0.2, -0.15) is 5.10 Å². The number of benzene rings is 1. The predicted octanol–water partition coefficient (Wildman–Crippen LogP) is 1.96. The second-order valence-corrected chi connectivity index (χ2v) is 4.60. The Kier molecular flexibility index (Phi) is 3.85. The van der Waals surface area contributed by atoms with Crippen LogP contribution < -0.4 is 11.1 Å². The summed E-state index contributed by atoms with van der Waals surface area (Å²) in [5, 5.41) is 7.35. The first-order valence-electron chi connectivity index (χ1n) is 6.18. The zero-order chi connectivity index (χ0) is 13.8. The fourth-order valence-corrected chi connectivity index (χ4v) is 1.89. The topological polar surface area (TPSA) is 68.2 Å². The molecule has 0 atom stereocenters. The standard InChI is InChI=1S/C14H19N5/c1-10-5-4-6-12(7-10)17-14(15)16-9-13-8-11(2)18-19(13)3/h4-8H,9H2,1-3H3,(H3,15,16,17). The van der Waals surface area contributed by atoms with E-state index < -0.39 is 0 Å². The second kappa shape index (κ2) is 5.56. The van der Waals surface area contributed by atoms with Gasteiger partial charge in [0.25, 0.3) is 0 Å². The van der Waals surface area contributed by atoms with Crippen LogP contribution >= 0.6 is 0 Å². The van der Waals surface area contributed by atoms with E-state index in [1.54, 1.807) is 0 Å². The Hall–Kier alpha value is -2.30. The van der Waals surface area contributed by atoms with E-state index in [1.807, 2.05) is 55.9 Å². The Balaban J connectivity index is 2.02. The van der Waals surface area contributed by atoms with Gasteiger partial charge in [0.1, 0.15) is 0 Å². The smallest absolute Gasteiger partial charge is 0.193 e. The minimum atomic E-state index is 0.407. The number of aliphatic imine (C=N–C) groups is 1. The highest BCUT2D eigenvalue weighted by atomic mass is 15.3. The van der Waals surface area contributed by atoms with Crippen molar-refractivity contribution >= 4 is 11.6 Å². The van der Waals surface area contributed by atoms with Gasteiger partial charge >= 0.3 is 0 Å². The maximum atomic E-state index is 5.87. The number of nitrogens with two attached hydrogens (primary N) is 1. The molecule has 0 spiro atoms. The van der Waals surface area contributed by atoms with Crippen LogP contribution in [0.2, 0.25) is 0 Å². The molecule has 0 bridgehead atoms. The lowest BCUT2D eigenvalue weighted by atomic mass is 10.2. The Morgan fingerprint density at radius 1 is 1.37 bits per heavy atom. The quantitative estimate of drug-likeness (QED) is 0.652. The summed E-state index contributed by atoms with van der Waals surface area (Å²) in [4.78, 5) is 4.32. The number of guanidine groups is 1. The molecule has 1 aromatic heterocycles. The second-order valence-electron chi connectivity index (χ2n) is 4.60. The number of hydrogen-bond donors (Lipinski definition) is 2. The molecule has 100 valence electrons. The molecule has 1 heterocycles. The van der Waals surface area contributed by atoms with Gasteiger partial charge in [0, 0.05) is 12.7 Å². The van der Waals surface area contributed by atoms with Gasteiger partial charge in [0.05, 0.1) is 17.9 Å². The largest absolute Gasteiger partial charge is 0.370 e. The summed E-state index contributed by atoms with van der Waals surface area (Å²) in [5.41, 5.74) is 10.0. The molecule has 2 aromatic rings. The van der Waals surface area contributed by atoms with Crippen molar-refractivity contribution in [3.8, 4) is 0 Å². The van der Waals surface area contributed by atoms with Gasteiger partial charge in [-0.3, -0.25) is 4.68 Å². The summed E-state index contributed by atoms with van der Waals surface area (Å²) in [7, 11) is 1.90. The van der Waals surface area contributed by atoms with Crippen molar-refractivity contribution < 1.29 is 0 Å². The first kappa shape index (κ1) is 13.1. The number of nitrogens with zero attached hydrogens (tertiary/aromatic N) is 3. The molecule has 0 aliphatic rings. The highest BCUT2D eigenvalue weighted by molar-refractivity contribution is 5.92. The first-order valence-corrected chi connectivity index (χ1v) is 6.18. The van der Waals surface area contributed by atoms with Crippen LogP contribution in [0.5, 0.6) is 0 Å². The average molecular weight is 257 g/mol. The van der Waals surface area contributed by atoms with Crippen LogP contribution in [0.4, 0.5) is 5.69 Å². The minimum absolute atomic E-state index is 0.407. The molecule has 19 heavy (non-hydrogen) atoms. The lowest BCUT2D eigenvalue weighted by Crippen LogP contribution is -2.22. The van der Waals surface area contributed by atoms with Crippen LogP contribution in [0.1, 0.15) is 17.0 Å². The number of aryl methyl sites for hydroxylation is 3. The molecule has 0 saturated carbocycles. The van der Waals surface area contributed by atoms with E-state index >= 15 is 0 Å². The summed E-state index contributed by atoms with van der Waals surface area (Å²) in [6, 6.07) is 10.0. The van der Waals surface area contributed by atoms with Crippen LogP contribution in [0.3, 0.4) is 0 Å². The van der Waals surface area contributed by atoms with Crippen LogP contribution in [0, 0.1) is 13.8 Å². The summed E-state index contributed by atoms with van der Waals surface area (Å²) < 4.78 is 1.82. The minimum Gasteiger partial charge on any atom is -0.370 e. The van der Waals surface area contributed by atoms with Crippen molar-refractivity contribution in [2.24, 2.45) is 17.8 Å². The van der Waals surface area contributed by atoms with Crippen LogP contribution in [-0.2, 0) is 13.6 Å². The van der Waals surface area contributed by atoms with E-state index in [0.29, 0.717) is 12.5 Å². The first-order chi connectivity index (χ1) is 9.04. The number of anilines is 1. The average Bonchev–Trinajstić information content (AvgIpc) is 2.65. The fraction of sp³-hybridized carbons (Fsp3) is 0.286. The molecule has 0 unspecified atom stereocenters. The molecule has 5 nitrogen and oxygen atoms in total. The lowest BCUT2D eigenvalue weighted by molar-refractivity contribution is 0.706. The zero-order valence-electron chi connectivity index (χ0n) is 11.5. The molecular formula is C14H19N5. The van der Waals surface area contributed by atoms with Crippen molar-refractivity contribution in [2.45, 2.75) is 20.4 Å². The normalized spacial score (nSPS) is 11.6.